The first-order valence-electron chi connectivity index (χ1n) is 8.58. The summed E-state index contributed by atoms with van der Waals surface area (Å²) in [5.41, 5.74) is 8.92. The summed E-state index contributed by atoms with van der Waals surface area (Å²) in [5.74, 6) is 1.72. The van der Waals surface area contributed by atoms with E-state index in [-0.39, 0.29) is 30.3 Å². The molecule has 0 saturated heterocycles. The Bertz CT molecular complexity index is 762. The number of hydrogen-bond donors (Lipinski definition) is 2. The van der Waals surface area contributed by atoms with Crippen molar-refractivity contribution >= 4 is 24.0 Å². The number of nitrogens with two attached hydrogens (primary N) is 1. The maximum atomic E-state index is 12.6. The number of aryl methyl sites for hydroxylation is 1. The van der Waals surface area contributed by atoms with E-state index < -0.39 is 0 Å². The largest absolute Gasteiger partial charge is 0.327 e. The lowest BCUT2D eigenvalue weighted by molar-refractivity contribution is -0.121. The molecule has 2 aromatic rings. The van der Waals surface area contributed by atoms with Crippen LogP contribution in [-0.4, -0.2) is 21.9 Å². The van der Waals surface area contributed by atoms with Crippen molar-refractivity contribution in [2.24, 2.45) is 23.5 Å². The number of nitrogens with one attached hydrogen (secondary N) is 1. The van der Waals surface area contributed by atoms with Gasteiger partial charge in [-0.3, -0.25) is 4.79 Å². The smallest absolute Gasteiger partial charge is 0.229 e. The first-order valence-corrected chi connectivity index (χ1v) is 8.58. The minimum atomic E-state index is -0.0384. The molecular formula is C19H23ClN4O. The van der Waals surface area contributed by atoms with Crippen LogP contribution in [0.3, 0.4) is 0 Å². The molecule has 0 radical (unpaired) electrons. The summed E-state index contributed by atoms with van der Waals surface area (Å²) < 4.78 is 0. The van der Waals surface area contributed by atoms with Crippen LogP contribution in [0, 0.1) is 24.7 Å². The van der Waals surface area contributed by atoms with E-state index in [0.717, 1.165) is 29.8 Å². The van der Waals surface area contributed by atoms with Crippen molar-refractivity contribution in [2.45, 2.75) is 32.2 Å². The quantitative estimate of drug-likeness (QED) is 0.882. The highest BCUT2D eigenvalue weighted by Gasteiger charge is 2.49. The van der Waals surface area contributed by atoms with Gasteiger partial charge in [0.25, 0.3) is 0 Å². The van der Waals surface area contributed by atoms with E-state index in [1.54, 1.807) is 6.20 Å². The monoisotopic (exact) mass is 358 g/mol. The third-order valence-electron chi connectivity index (χ3n) is 5.49. The molecule has 4 unspecified atom stereocenters. The number of hydrogen-bond acceptors (Lipinski definition) is 4. The van der Waals surface area contributed by atoms with Crippen LogP contribution in [0.4, 0.5) is 5.69 Å². The molecule has 3 N–H and O–H groups in total. The van der Waals surface area contributed by atoms with Crippen LogP contribution in [0.25, 0.3) is 11.4 Å². The molecule has 4 atom stereocenters. The molecule has 2 aliphatic carbocycles. The molecule has 1 aromatic carbocycles. The van der Waals surface area contributed by atoms with E-state index in [1.807, 2.05) is 37.3 Å². The second kappa shape index (κ2) is 7.10. The molecule has 6 heteroatoms. The number of fused-ring (bicyclic) bond motifs is 2. The Kier molecular flexibility index (Phi) is 5.06. The first kappa shape index (κ1) is 17.8. The van der Waals surface area contributed by atoms with Crippen molar-refractivity contribution in [3.8, 4) is 11.4 Å². The zero-order valence-electron chi connectivity index (χ0n) is 14.2. The summed E-state index contributed by atoms with van der Waals surface area (Å²) in [6.45, 7) is 1.94. The molecule has 2 fully saturated rings. The Balaban J connectivity index is 0.00000182. The summed E-state index contributed by atoms with van der Waals surface area (Å²) in [4.78, 5) is 21.3. The molecule has 2 aliphatic rings. The highest BCUT2D eigenvalue weighted by molar-refractivity contribution is 5.93. The molecule has 1 amide bonds. The lowest BCUT2D eigenvalue weighted by atomic mass is 9.84. The number of amides is 1. The fourth-order valence-electron chi connectivity index (χ4n) is 4.24. The fourth-order valence-corrected chi connectivity index (χ4v) is 4.24. The van der Waals surface area contributed by atoms with Crippen LogP contribution in [0.2, 0.25) is 0 Å². The average molecular weight is 359 g/mol. The predicted octanol–water partition coefficient (Wildman–Crippen LogP) is 3.19. The maximum absolute atomic E-state index is 12.6. The molecule has 2 bridgehead atoms. The molecule has 25 heavy (non-hydrogen) atoms. The Labute approximate surface area is 153 Å². The zero-order chi connectivity index (χ0) is 16.7. The molecule has 132 valence electrons. The number of carbonyl (C=O) groups excluding carboxylic acids is 1. The molecular weight excluding hydrogens is 336 g/mol. The van der Waals surface area contributed by atoms with Gasteiger partial charge in [-0.1, -0.05) is 0 Å². The van der Waals surface area contributed by atoms with Crippen molar-refractivity contribution < 1.29 is 4.79 Å². The van der Waals surface area contributed by atoms with Crippen LogP contribution < -0.4 is 11.1 Å². The van der Waals surface area contributed by atoms with E-state index in [9.17, 15) is 4.79 Å². The van der Waals surface area contributed by atoms with Gasteiger partial charge >= 0.3 is 0 Å². The van der Waals surface area contributed by atoms with Gasteiger partial charge in [0.1, 0.15) is 0 Å². The Hall–Kier alpha value is -1.98. The van der Waals surface area contributed by atoms with Gasteiger partial charge in [-0.15, -0.1) is 12.4 Å². The van der Waals surface area contributed by atoms with Crippen LogP contribution >= 0.6 is 12.4 Å². The van der Waals surface area contributed by atoms with Gasteiger partial charge in [-0.05, 0) is 68.4 Å². The summed E-state index contributed by atoms with van der Waals surface area (Å²) >= 11 is 0. The number of rotatable bonds is 3. The normalized spacial score (nSPS) is 27.0. The molecule has 1 heterocycles. The van der Waals surface area contributed by atoms with Crippen LogP contribution in [0.15, 0.2) is 36.5 Å². The van der Waals surface area contributed by atoms with Gasteiger partial charge in [-0.25, -0.2) is 9.97 Å². The van der Waals surface area contributed by atoms with Crippen LogP contribution in [0.5, 0.6) is 0 Å². The second-order valence-electron chi connectivity index (χ2n) is 7.02. The van der Waals surface area contributed by atoms with Crippen molar-refractivity contribution in [3.63, 3.8) is 0 Å². The highest BCUT2D eigenvalue weighted by atomic mass is 35.5. The Morgan fingerprint density at radius 2 is 1.88 bits per heavy atom. The summed E-state index contributed by atoms with van der Waals surface area (Å²) in [6, 6.07) is 9.56. The third-order valence-corrected chi connectivity index (χ3v) is 5.49. The zero-order valence-corrected chi connectivity index (χ0v) is 15.0. The number of nitrogens with zero attached hydrogens (tertiary/aromatic N) is 2. The molecule has 2 saturated carbocycles. The second-order valence-corrected chi connectivity index (χ2v) is 7.02. The van der Waals surface area contributed by atoms with E-state index >= 15 is 0 Å². The number of aromatic nitrogens is 2. The summed E-state index contributed by atoms with van der Waals surface area (Å²) in [7, 11) is 0. The number of carbonyl (C=O) groups is 1. The Morgan fingerprint density at radius 1 is 1.16 bits per heavy atom. The Morgan fingerprint density at radius 3 is 2.52 bits per heavy atom. The number of benzene rings is 1. The van der Waals surface area contributed by atoms with Crippen LogP contribution in [-0.2, 0) is 4.79 Å². The summed E-state index contributed by atoms with van der Waals surface area (Å²) in [5, 5.41) is 3.03. The van der Waals surface area contributed by atoms with Gasteiger partial charge < -0.3 is 11.1 Å². The fraction of sp³-hybridized carbons (Fsp3) is 0.421. The maximum Gasteiger partial charge on any atom is 0.229 e. The van der Waals surface area contributed by atoms with Crippen molar-refractivity contribution in [1.82, 2.24) is 9.97 Å². The predicted molar refractivity (Wildman–Crippen MR) is 100 cm³/mol. The number of halogens is 1. The lowest BCUT2D eigenvalue weighted by Gasteiger charge is -2.27. The van der Waals surface area contributed by atoms with E-state index in [0.29, 0.717) is 17.7 Å². The van der Waals surface area contributed by atoms with Gasteiger partial charge in [-0.2, -0.15) is 0 Å². The third kappa shape index (κ3) is 3.39. The van der Waals surface area contributed by atoms with E-state index in [1.165, 1.54) is 6.42 Å². The van der Waals surface area contributed by atoms with Gasteiger partial charge in [0.15, 0.2) is 5.82 Å². The topological polar surface area (TPSA) is 80.9 Å². The lowest BCUT2D eigenvalue weighted by Crippen LogP contribution is -2.42. The standard InChI is InChI=1S/C19H22N4O.ClH/c1-11-8-9-21-18(22-11)12-4-6-15(7-5-12)23-19(24)16-13-2-3-14(10-13)17(16)20;/h4-9,13-14,16-17H,2-3,10,20H2,1H3,(H,23,24);1H. The molecule has 0 spiro atoms. The van der Waals surface area contributed by atoms with E-state index in [2.05, 4.69) is 15.3 Å². The first-order chi connectivity index (χ1) is 11.6. The van der Waals surface area contributed by atoms with Gasteiger partial charge in [0.05, 0.1) is 5.92 Å². The minimum absolute atomic E-state index is 0. The average Bonchev–Trinajstić information content (AvgIpc) is 3.16. The van der Waals surface area contributed by atoms with Crippen molar-refractivity contribution in [2.75, 3.05) is 5.32 Å². The van der Waals surface area contributed by atoms with Gasteiger partial charge in [0.2, 0.25) is 5.91 Å². The van der Waals surface area contributed by atoms with Crippen molar-refractivity contribution in [3.05, 3.63) is 42.2 Å². The minimum Gasteiger partial charge on any atom is -0.327 e. The van der Waals surface area contributed by atoms with Crippen LogP contribution in [0.1, 0.15) is 25.0 Å². The SMILES string of the molecule is Cc1ccnc(-c2ccc(NC(=O)C3C4CCC(C4)C3N)cc2)n1.Cl. The molecule has 1 aromatic heterocycles. The van der Waals surface area contributed by atoms with E-state index in [4.69, 9.17) is 5.73 Å². The molecule has 0 aliphatic heterocycles. The van der Waals surface area contributed by atoms with Gasteiger partial charge in [0, 0.05) is 29.2 Å². The van der Waals surface area contributed by atoms with Crippen molar-refractivity contribution in [1.29, 1.82) is 0 Å². The summed E-state index contributed by atoms with van der Waals surface area (Å²) in [6.07, 6.45) is 5.19. The molecule has 5 nitrogen and oxygen atoms in total. The number of anilines is 1. The molecule has 4 rings (SSSR count). The highest BCUT2D eigenvalue weighted by Crippen LogP contribution is 2.47.